The maximum Gasteiger partial charge on any atom is 0.265 e. The lowest BCUT2D eigenvalue weighted by molar-refractivity contribution is -0.128. The SMILES string of the molecule is C=CCN1C(=O)/C(=C/c2cccc(-c3cccc(F)c3)c2)C(=O)NC1=S. The first-order chi connectivity index (χ1) is 12.5. The van der Waals surface area contributed by atoms with Crippen molar-refractivity contribution in [1.82, 2.24) is 10.2 Å². The van der Waals surface area contributed by atoms with E-state index in [1.54, 1.807) is 30.3 Å². The monoisotopic (exact) mass is 366 g/mol. The summed E-state index contributed by atoms with van der Waals surface area (Å²) in [5, 5.41) is 2.56. The smallest absolute Gasteiger partial charge is 0.265 e. The van der Waals surface area contributed by atoms with Crippen molar-refractivity contribution in [1.29, 1.82) is 0 Å². The molecule has 0 spiro atoms. The molecule has 0 unspecified atom stereocenters. The molecular formula is C20H15FN2O2S. The molecule has 0 radical (unpaired) electrons. The Hall–Kier alpha value is -3.12. The van der Waals surface area contributed by atoms with Crippen LogP contribution in [0.2, 0.25) is 0 Å². The average Bonchev–Trinajstić information content (AvgIpc) is 2.62. The van der Waals surface area contributed by atoms with Crippen LogP contribution in [0.3, 0.4) is 0 Å². The number of halogens is 1. The molecule has 1 aliphatic heterocycles. The first-order valence-corrected chi connectivity index (χ1v) is 8.26. The molecule has 2 aromatic rings. The first kappa shape index (κ1) is 17.7. The third-order valence-electron chi connectivity index (χ3n) is 3.85. The second kappa shape index (κ2) is 7.41. The molecule has 3 rings (SSSR count). The number of amides is 2. The molecular weight excluding hydrogens is 351 g/mol. The third-order valence-corrected chi connectivity index (χ3v) is 4.18. The molecule has 1 N–H and O–H groups in total. The van der Waals surface area contributed by atoms with Crippen LogP contribution in [0.4, 0.5) is 4.39 Å². The predicted molar refractivity (Wildman–Crippen MR) is 102 cm³/mol. The van der Waals surface area contributed by atoms with E-state index in [-0.39, 0.29) is 23.0 Å². The number of hydrogen-bond acceptors (Lipinski definition) is 3. The second-order valence-electron chi connectivity index (χ2n) is 5.66. The van der Waals surface area contributed by atoms with Crippen molar-refractivity contribution in [3.8, 4) is 11.1 Å². The molecule has 130 valence electrons. The van der Waals surface area contributed by atoms with Crippen LogP contribution in [0.1, 0.15) is 5.56 Å². The minimum atomic E-state index is -0.545. The Balaban J connectivity index is 1.97. The van der Waals surface area contributed by atoms with Crippen LogP contribution < -0.4 is 5.32 Å². The van der Waals surface area contributed by atoms with Crippen LogP contribution in [0.5, 0.6) is 0 Å². The molecule has 2 aromatic carbocycles. The Labute approximate surface area is 155 Å². The van der Waals surface area contributed by atoms with Crippen molar-refractivity contribution >= 4 is 35.2 Å². The number of hydrogen-bond donors (Lipinski definition) is 1. The molecule has 0 bridgehead atoms. The van der Waals surface area contributed by atoms with E-state index in [1.165, 1.54) is 29.2 Å². The van der Waals surface area contributed by atoms with E-state index >= 15 is 0 Å². The summed E-state index contributed by atoms with van der Waals surface area (Å²) >= 11 is 5.02. The summed E-state index contributed by atoms with van der Waals surface area (Å²) < 4.78 is 13.4. The van der Waals surface area contributed by atoms with Crippen LogP contribution in [0.15, 0.2) is 66.8 Å². The molecule has 1 saturated heterocycles. The van der Waals surface area contributed by atoms with Gasteiger partial charge in [-0.1, -0.05) is 36.4 Å². The van der Waals surface area contributed by atoms with Crippen LogP contribution >= 0.6 is 12.2 Å². The largest absolute Gasteiger partial charge is 0.298 e. The van der Waals surface area contributed by atoms with Crippen LogP contribution in [0, 0.1) is 5.82 Å². The molecule has 4 nitrogen and oxygen atoms in total. The second-order valence-corrected chi connectivity index (χ2v) is 6.04. The quantitative estimate of drug-likeness (QED) is 0.391. The highest BCUT2D eigenvalue weighted by Crippen LogP contribution is 2.23. The van der Waals surface area contributed by atoms with Gasteiger partial charge in [0.25, 0.3) is 11.8 Å². The van der Waals surface area contributed by atoms with Crippen molar-refractivity contribution in [3.05, 3.63) is 78.1 Å². The molecule has 1 fully saturated rings. The molecule has 0 aliphatic carbocycles. The normalized spacial score (nSPS) is 16.0. The van der Waals surface area contributed by atoms with E-state index in [1.807, 2.05) is 6.07 Å². The molecule has 26 heavy (non-hydrogen) atoms. The summed E-state index contributed by atoms with van der Waals surface area (Å²) in [5.74, 6) is -1.35. The Morgan fingerprint density at radius 1 is 1.12 bits per heavy atom. The van der Waals surface area contributed by atoms with Crippen molar-refractivity contribution in [2.24, 2.45) is 0 Å². The lowest BCUT2D eigenvalue weighted by Gasteiger charge is -2.27. The van der Waals surface area contributed by atoms with Crippen molar-refractivity contribution in [3.63, 3.8) is 0 Å². The van der Waals surface area contributed by atoms with Gasteiger partial charge in [-0.25, -0.2) is 4.39 Å². The van der Waals surface area contributed by atoms with E-state index in [9.17, 15) is 14.0 Å². The third kappa shape index (κ3) is 3.60. The fourth-order valence-electron chi connectivity index (χ4n) is 2.63. The van der Waals surface area contributed by atoms with Gasteiger partial charge in [-0.05, 0) is 53.2 Å². The van der Waals surface area contributed by atoms with Gasteiger partial charge in [-0.15, -0.1) is 6.58 Å². The first-order valence-electron chi connectivity index (χ1n) is 7.85. The minimum Gasteiger partial charge on any atom is -0.298 e. The highest BCUT2D eigenvalue weighted by molar-refractivity contribution is 7.80. The number of benzene rings is 2. The van der Waals surface area contributed by atoms with Gasteiger partial charge < -0.3 is 0 Å². The molecule has 0 atom stereocenters. The average molecular weight is 366 g/mol. The van der Waals surface area contributed by atoms with Crippen LogP contribution in [-0.4, -0.2) is 28.4 Å². The molecule has 1 heterocycles. The Kier molecular flexibility index (Phi) is 5.04. The highest BCUT2D eigenvalue weighted by Gasteiger charge is 2.32. The number of nitrogens with zero attached hydrogens (tertiary/aromatic N) is 1. The lowest BCUT2D eigenvalue weighted by atomic mass is 10.0. The van der Waals surface area contributed by atoms with Gasteiger partial charge in [-0.2, -0.15) is 0 Å². The van der Waals surface area contributed by atoms with Crippen molar-refractivity contribution in [2.45, 2.75) is 0 Å². The number of nitrogens with one attached hydrogen (secondary N) is 1. The fourth-order valence-corrected chi connectivity index (χ4v) is 2.88. The van der Waals surface area contributed by atoms with Gasteiger partial charge in [0.15, 0.2) is 5.11 Å². The van der Waals surface area contributed by atoms with Crippen LogP contribution in [-0.2, 0) is 9.59 Å². The van der Waals surface area contributed by atoms with E-state index < -0.39 is 11.8 Å². The topological polar surface area (TPSA) is 49.4 Å². The van der Waals surface area contributed by atoms with E-state index in [0.717, 1.165) is 5.56 Å². The van der Waals surface area contributed by atoms with Gasteiger partial charge in [-0.3, -0.25) is 19.8 Å². The minimum absolute atomic E-state index is 0.0168. The predicted octanol–water partition coefficient (Wildman–Crippen LogP) is 3.31. The van der Waals surface area contributed by atoms with Crippen molar-refractivity contribution < 1.29 is 14.0 Å². The Morgan fingerprint density at radius 2 is 1.81 bits per heavy atom. The lowest BCUT2D eigenvalue weighted by Crippen LogP contribution is -2.53. The number of thiocarbonyl (C=S) groups is 1. The van der Waals surface area contributed by atoms with Gasteiger partial charge in [0.1, 0.15) is 11.4 Å². The van der Waals surface area contributed by atoms with Crippen molar-refractivity contribution in [2.75, 3.05) is 6.54 Å². The summed E-state index contributed by atoms with van der Waals surface area (Å²) in [6, 6.07) is 13.4. The Morgan fingerprint density at radius 3 is 2.50 bits per heavy atom. The zero-order valence-corrected chi connectivity index (χ0v) is 14.6. The Bertz CT molecular complexity index is 952. The molecule has 0 saturated carbocycles. The summed E-state index contributed by atoms with van der Waals surface area (Å²) in [5.41, 5.74) is 2.12. The maximum absolute atomic E-state index is 13.4. The molecule has 0 aromatic heterocycles. The maximum atomic E-state index is 13.4. The summed E-state index contributed by atoms with van der Waals surface area (Å²) in [6.07, 6.45) is 3.03. The zero-order valence-electron chi connectivity index (χ0n) is 13.7. The van der Waals surface area contributed by atoms with E-state index in [0.29, 0.717) is 11.1 Å². The summed E-state index contributed by atoms with van der Waals surface area (Å²) in [6.45, 7) is 3.79. The van der Waals surface area contributed by atoms with Gasteiger partial charge >= 0.3 is 0 Å². The fraction of sp³-hybridized carbons (Fsp3) is 0.0500. The van der Waals surface area contributed by atoms with E-state index in [2.05, 4.69) is 11.9 Å². The number of rotatable bonds is 4. The summed E-state index contributed by atoms with van der Waals surface area (Å²) in [4.78, 5) is 26.0. The highest BCUT2D eigenvalue weighted by atomic mass is 32.1. The zero-order chi connectivity index (χ0) is 18.7. The van der Waals surface area contributed by atoms with E-state index in [4.69, 9.17) is 12.2 Å². The standard InChI is InChI=1S/C20H15FN2O2S/c1-2-9-23-19(25)17(18(24)22-20(23)26)11-13-5-3-6-14(10-13)15-7-4-8-16(21)12-15/h2-8,10-12H,1,9H2,(H,22,24,26)/b17-11+. The summed E-state index contributed by atoms with van der Waals surface area (Å²) in [7, 11) is 0. The number of carbonyl (C=O) groups is 2. The number of carbonyl (C=O) groups excluding carboxylic acids is 2. The van der Waals surface area contributed by atoms with Crippen LogP contribution in [0.25, 0.3) is 17.2 Å². The molecule has 1 aliphatic rings. The van der Waals surface area contributed by atoms with Gasteiger partial charge in [0, 0.05) is 6.54 Å². The molecule has 2 amide bonds. The van der Waals surface area contributed by atoms with Gasteiger partial charge in [0.2, 0.25) is 0 Å². The van der Waals surface area contributed by atoms with Gasteiger partial charge in [0.05, 0.1) is 0 Å². The molecule has 6 heteroatoms.